The lowest BCUT2D eigenvalue weighted by molar-refractivity contribution is 0.0971. The molecule has 1 fully saturated rings. The second-order valence-corrected chi connectivity index (χ2v) is 4.86. The highest BCUT2D eigenvalue weighted by Crippen LogP contribution is 2.32. The molecule has 0 bridgehead atoms. The number of nitrogens with zero attached hydrogens (tertiary/aromatic N) is 1. The van der Waals surface area contributed by atoms with Crippen LogP contribution in [0.5, 0.6) is 0 Å². The van der Waals surface area contributed by atoms with E-state index in [4.69, 9.17) is 17.3 Å². The van der Waals surface area contributed by atoms with E-state index >= 15 is 0 Å². The van der Waals surface area contributed by atoms with E-state index in [1.807, 2.05) is 12.1 Å². The van der Waals surface area contributed by atoms with Crippen LogP contribution in [0.1, 0.15) is 13.3 Å². The van der Waals surface area contributed by atoms with E-state index in [1.54, 1.807) is 6.07 Å². The van der Waals surface area contributed by atoms with Gasteiger partial charge in [-0.1, -0.05) is 24.6 Å². The lowest BCUT2D eigenvalue weighted by Crippen LogP contribution is -2.42. The van der Waals surface area contributed by atoms with Crippen LogP contribution in [0.2, 0.25) is 5.02 Å². The summed E-state index contributed by atoms with van der Waals surface area (Å²) in [6, 6.07) is 5.68. The van der Waals surface area contributed by atoms with E-state index in [9.17, 15) is 5.11 Å². The van der Waals surface area contributed by atoms with E-state index in [1.165, 1.54) is 0 Å². The van der Waals surface area contributed by atoms with Crippen LogP contribution in [-0.4, -0.2) is 24.3 Å². The highest BCUT2D eigenvalue weighted by atomic mass is 35.5. The van der Waals surface area contributed by atoms with Gasteiger partial charge in [0.15, 0.2) is 0 Å². The topological polar surface area (TPSA) is 49.5 Å². The van der Waals surface area contributed by atoms with Gasteiger partial charge >= 0.3 is 0 Å². The maximum Gasteiger partial charge on any atom is 0.0741 e. The molecule has 1 aliphatic heterocycles. The Hall–Kier alpha value is -0.930. The highest BCUT2D eigenvalue weighted by molar-refractivity contribution is 6.33. The van der Waals surface area contributed by atoms with Crippen LogP contribution in [-0.2, 0) is 0 Å². The van der Waals surface area contributed by atoms with Crippen LogP contribution in [0.25, 0.3) is 0 Å². The normalized spacial score (nSPS) is 25.8. The Morgan fingerprint density at radius 3 is 2.94 bits per heavy atom. The van der Waals surface area contributed by atoms with Crippen LogP contribution < -0.4 is 10.6 Å². The first-order valence-corrected chi connectivity index (χ1v) is 5.94. The molecule has 1 saturated heterocycles. The molecule has 2 unspecified atom stereocenters. The number of rotatable bonds is 1. The summed E-state index contributed by atoms with van der Waals surface area (Å²) in [5.74, 6) is 0.270. The molecule has 1 aromatic rings. The smallest absolute Gasteiger partial charge is 0.0741 e. The van der Waals surface area contributed by atoms with E-state index < -0.39 is 0 Å². The number of piperidine rings is 1. The third-order valence-corrected chi connectivity index (χ3v) is 3.56. The van der Waals surface area contributed by atoms with Crippen molar-refractivity contribution in [3.8, 4) is 0 Å². The molecular weight excluding hydrogens is 224 g/mol. The molecule has 0 spiro atoms. The molecule has 16 heavy (non-hydrogen) atoms. The van der Waals surface area contributed by atoms with Crippen molar-refractivity contribution in [3.63, 3.8) is 0 Å². The molecule has 3 N–H and O–H groups in total. The molecule has 2 rings (SSSR count). The van der Waals surface area contributed by atoms with Gasteiger partial charge in [-0.3, -0.25) is 0 Å². The molecule has 1 aliphatic rings. The number of hydrogen-bond donors (Lipinski definition) is 2. The van der Waals surface area contributed by atoms with Gasteiger partial charge in [-0.05, 0) is 24.5 Å². The van der Waals surface area contributed by atoms with E-state index in [2.05, 4.69) is 11.8 Å². The van der Waals surface area contributed by atoms with Gasteiger partial charge in [0.2, 0.25) is 0 Å². The standard InChI is InChI=1S/C12H17ClN2O/c1-8-7-15(6-5-11(8)16)10-4-2-3-9(13)12(10)14/h2-4,8,11,16H,5-7,14H2,1H3. The van der Waals surface area contributed by atoms with E-state index in [-0.39, 0.29) is 12.0 Å². The van der Waals surface area contributed by atoms with Crippen molar-refractivity contribution in [1.29, 1.82) is 0 Å². The molecule has 0 saturated carbocycles. The minimum absolute atomic E-state index is 0.198. The minimum atomic E-state index is -0.198. The van der Waals surface area contributed by atoms with E-state index in [0.717, 1.165) is 25.2 Å². The van der Waals surface area contributed by atoms with Crippen molar-refractivity contribution in [2.24, 2.45) is 5.92 Å². The molecule has 2 atom stereocenters. The molecule has 0 aromatic heterocycles. The number of nitrogens with two attached hydrogens (primary N) is 1. The first-order valence-electron chi connectivity index (χ1n) is 5.56. The molecule has 1 heterocycles. The fourth-order valence-corrected chi connectivity index (χ4v) is 2.32. The van der Waals surface area contributed by atoms with Crippen LogP contribution >= 0.6 is 11.6 Å². The Morgan fingerprint density at radius 1 is 1.50 bits per heavy atom. The minimum Gasteiger partial charge on any atom is -0.396 e. The summed E-state index contributed by atoms with van der Waals surface area (Å²) in [6.07, 6.45) is 0.587. The number of aliphatic hydroxyl groups excluding tert-OH is 1. The van der Waals surface area contributed by atoms with Crippen molar-refractivity contribution < 1.29 is 5.11 Å². The molecule has 1 aromatic carbocycles. The van der Waals surface area contributed by atoms with Gasteiger partial charge in [-0.2, -0.15) is 0 Å². The molecular formula is C12H17ClN2O. The van der Waals surface area contributed by atoms with Gasteiger partial charge in [-0.25, -0.2) is 0 Å². The average molecular weight is 241 g/mol. The average Bonchev–Trinajstić information content (AvgIpc) is 2.26. The van der Waals surface area contributed by atoms with Gasteiger partial charge in [0.05, 0.1) is 22.5 Å². The molecule has 88 valence electrons. The van der Waals surface area contributed by atoms with Crippen LogP contribution in [0, 0.1) is 5.92 Å². The number of anilines is 2. The van der Waals surface area contributed by atoms with Crippen molar-refractivity contribution in [2.45, 2.75) is 19.4 Å². The fraction of sp³-hybridized carbons (Fsp3) is 0.500. The summed E-state index contributed by atoms with van der Waals surface area (Å²) in [6.45, 7) is 3.71. The summed E-state index contributed by atoms with van der Waals surface area (Å²) in [5, 5.41) is 10.3. The SMILES string of the molecule is CC1CN(c2cccc(Cl)c2N)CCC1O. The summed E-state index contributed by atoms with van der Waals surface area (Å²) in [4.78, 5) is 2.19. The number of halogens is 1. The number of aliphatic hydroxyl groups is 1. The zero-order valence-electron chi connectivity index (χ0n) is 9.36. The van der Waals surface area contributed by atoms with Crippen molar-refractivity contribution >= 4 is 23.0 Å². The van der Waals surface area contributed by atoms with Crippen molar-refractivity contribution in [1.82, 2.24) is 0 Å². The predicted molar refractivity (Wildman–Crippen MR) is 67.9 cm³/mol. The number of nitrogen functional groups attached to an aromatic ring is 1. The Morgan fingerprint density at radius 2 is 2.25 bits per heavy atom. The molecule has 4 heteroatoms. The highest BCUT2D eigenvalue weighted by Gasteiger charge is 2.25. The van der Waals surface area contributed by atoms with E-state index in [0.29, 0.717) is 10.7 Å². The Bertz CT molecular complexity index is 383. The Labute approximate surface area is 101 Å². The van der Waals surface area contributed by atoms with Crippen molar-refractivity contribution in [3.05, 3.63) is 23.2 Å². The van der Waals surface area contributed by atoms with Gasteiger partial charge in [0, 0.05) is 13.1 Å². The maximum atomic E-state index is 9.68. The summed E-state index contributed by atoms with van der Waals surface area (Å²) >= 11 is 6.00. The fourth-order valence-electron chi connectivity index (χ4n) is 2.15. The van der Waals surface area contributed by atoms with Crippen LogP contribution in [0.15, 0.2) is 18.2 Å². The second kappa shape index (κ2) is 4.52. The number of para-hydroxylation sites is 1. The van der Waals surface area contributed by atoms with Gasteiger partial charge in [-0.15, -0.1) is 0 Å². The van der Waals surface area contributed by atoms with Gasteiger partial charge in [0.1, 0.15) is 0 Å². The quantitative estimate of drug-likeness (QED) is 0.740. The molecule has 0 amide bonds. The molecule has 0 aliphatic carbocycles. The monoisotopic (exact) mass is 240 g/mol. The van der Waals surface area contributed by atoms with Crippen LogP contribution in [0.3, 0.4) is 0 Å². The second-order valence-electron chi connectivity index (χ2n) is 4.45. The Balaban J connectivity index is 2.22. The van der Waals surface area contributed by atoms with Gasteiger partial charge in [0.25, 0.3) is 0 Å². The molecule has 3 nitrogen and oxygen atoms in total. The third-order valence-electron chi connectivity index (χ3n) is 3.23. The van der Waals surface area contributed by atoms with Gasteiger partial charge < -0.3 is 15.7 Å². The number of benzene rings is 1. The lowest BCUT2D eigenvalue weighted by Gasteiger charge is -2.36. The summed E-state index contributed by atoms with van der Waals surface area (Å²) in [7, 11) is 0. The first kappa shape index (κ1) is 11.6. The summed E-state index contributed by atoms with van der Waals surface area (Å²) in [5.41, 5.74) is 7.57. The lowest BCUT2D eigenvalue weighted by atomic mass is 9.96. The zero-order chi connectivity index (χ0) is 11.7. The Kier molecular flexibility index (Phi) is 3.26. The van der Waals surface area contributed by atoms with Crippen LogP contribution in [0.4, 0.5) is 11.4 Å². The zero-order valence-corrected chi connectivity index (χ0v) is 10.1. The first-order chi connectivity index (χ1) is 7.59. The third kappa shape index (κ3) is 2.11. The maximum absolute atomic E-state index is 9.68. The largest absolute Gasteiger partial charge is 0.396 e. The predicted octanol–water partition coefficient (Wildman–Crippen LogP) is 2.13. The molecule has 0 radical (unpaired) electrons. The summed E-state index contributed by atoms with van der Waals surface area (Å²) < 4.78 is 0. The van der Waals surface area contributed by atoms with Crippen molar-refractivity contribution in [2.75, 3.05) is 23.7 Å². The number of hydrogen-bond acceptors (Lipinski definition) is 3.